The van der Waals surface area contributed by atoms with Gasteiger partial charge in [-0.15, -0.1) is 21.5 Å². The first-order chi connectivity index (χ1) is 11.3. The molecule has 1 aliphatic heterocycles. The number of ether oxygens (including phenoxy) is 1. The summed E-state index contributed by atoms with van der Waals surface area (Å²) in [5.41, 5.74) is 1.52. The molecule has 0 bridgehead atoms. The van der Waals surface area contributed by atoms with Gasteiger partial charge in [-0.25, -0.2) is 0 Å². The predicted octanol–water partition coefficient (Wildman–Crippen LogP) is 1.65. The van der Waals surface area contributed by atoms with Gasteiger partial charge in [0.15, 0.2) is 11.5 Å². The van der Waals surface area contributed by atoms with E-state index >= 15 is 0 Å². The molecule has 1 amide bonds. The van der Waals surface area contributed by atoms with Crippen molar-refractivity contribution in [2.45, 2.75) is 25.5 Å². The van der Waals surface area contributed by atoms with E-state index in [0.29, 0.717) is 18.1 Å². The van der Waals surface area contributed by atoms with E-state index < -0.39 is 0 Å². The summed E-state index contributed by atoms with van der Waals surface area (Å²) in [6, 6.07) is 7.80. The topological polar surface area (TPSA) is 81.4 Å². The molecule has 3 aromatic heterocycles. The number of thiophene rings is 1. The summed E-state index contributed by atoms with van der Waals surface area (Å²) in [4.78, 5) is 13.1. The van der Waals surface area contributed by atoms with Crippen LogP contribution in [0.4, 0.5) is 0 Å². The second kappa shape index (κ2) is 6.05. The molecule has 0 radical (unpaired) electrons. The van der Waals surface area contributed by atoms with E-state index in [1.807, 2.05) is 29.6 Å². The molecule has 0 aliphatic carbocycles. The third kappa shape index (κ3) is 2.82. The molecule has 8 heteroatoms. The summed E-state index contributed by atoms with van der Waals surface area (Å²) in [7, 11) is 0. The first-order valence-electron chi connectivity index (χ1n) is 7.46. The molecule has 3 aromatic rings. The average Bonchev–Trinajstić information content (AvgIpc) is 3.33. The van der Waals surface area contributed by atoms with E-state index in [4.69, 9.17) is 4.74 Å². The van der Waals surface area contributed by atoms with Crippen LogP contribution in [-0.4, -0.2) is 38.4 Å². The van der Waals surface area contributed by atoms with Crippen molar-refractivity contribution in [3.8, 4) is 10.6 Å². The Hall–Kier alpha value is -2.32. The fourth-order valence-electron chi connectivity index (χ4n) is 2.56. The second-order valence-corrected chi connectivity index (χ2v) is 6.25. The number of fused-ring (bicyclic) bond motifs is 1. The minimum atomic E-state index is -0.344. The summed E-state index contributed by atoms with van der Waals surface area (Å²) in [5.74, 6) is 0.499. The lowest BCUT2D eigenvalue weighted by Crippen LogP contribution is -2.34. The van der Waals surface area contributed by atoms with Gasteiger partial charge in [-0.3, -0.25) is 4.79 Å². The first-order valence-corrected chi connectivity index (χ1v) is 8.34. The lowest BCUT2D eigenvalue weighted by atomic mass is 10.2. The van der Waals surface area contributed by atoms with Crippen molar-refractivity contribution in [2.75, 3.05) is 6.61 Å². The van der Waals surface area contributed by atoms with Gasteiger partial charge in [0.25, 0.3) is 0 Å². The number of hydrogen-bond donors (Lipinski definition) is 1. The van der Waals surface area contributed by atoms with Crippen LogP contribution >= 0.6 is 11.3 Å². The Bertz CT molecular complexity index is 824. The van der Waals surface area contributed by atoms with Gasteiger partial charge >= 0.3 is 0 Å². The van der Waals surface area contributed by atoms with Crippen LogP contribution in [0, 0.1) is 0 Å². The van der Waals surface area contributed by atoms with Crippen LogP contribution in [0.3, 0.4) is 0 Å². The molecule has 1 aliphatic rings. The van der Waals surface area contributed by atoms with Crippen LogP contribution in [-0.2, 0) is 16.1 Å². The average molecular weight is 329 g/mol. The van der Waals surface area contributed by atoms with Crippen LogP contribution in [0.15, 0.2) is 29.6 Å². The van der Waals surface area contributed by atoms with Crippen LogP contribution in [0.5, 0.6) is 0 Å². The molecule has 1 atom stereocenters. The van der Waals surface area contributed by atoms with Gasteiger partial charge in [0, 0.05) is 6.61 Å². The summed E-state index contributed by atoms with van der Waals surface area (Å²) in [6.07, 6.45) is 1.36. The van der Waals surface area contributed by atoms with E-state index in [1.165, 1.54) is 0 Å². The maximum Gasteiger partial charge on any atom is 0.249 e. The molecule has 4 heterocycles. The van der Waals surface area contributed by atoms with Crippen molar-refractivity contribution in [3.63, 3.8) is 0 Å². The van der Waals surface area contributed by atoms with Gasteiger partial charge < -0.3 is 10.1 Å². The van der Waals surface area contributed by atoms with Crippen molar-refractivity contribution in [2.24, 2.45) is 0 Å². The fourth-order valence-corrected chi connectivity index (χ4v) is 3.25. The molecule has 4 rings (SSSR count). The normalized spacial score (nSPS) is 17.7. The molecule has 0 aromatic carbocycles. The molecular weight excluding hydrogens is 314 g/mol. The van der Waals surface area contributed by atoms with Crippen LogP contribution in [0.25, 0.3) is 16.2 Å². The lowest BCUT2D eigenvalue weighted by molar-refractivity contribution is -0.130. The van der Waals surface area contributed by atoms with Gasteiger partial charge in [-0.1, -0.05) is 6.07 Å². The van der Waals surface area contributed by atoms with E-state index in [2.05, 4.69) is 20.6 Å². The Morgan fingerprint density at radius 2 is 2.35 bits per heavy atom. The molecule has 7 nitrogen and oxygen atoms in total. The van der Waals surface area contributed by atoms with Gasteiger partial charge in [0.2, 0.25) is 5.91 Å². The van der Waals surface area contributed by atoms with Crippen LogP contribution in [0.2, 0.25) is 0 Å². The molecule has 1 N–H and O–H groups in total. The zero-order valence-electron chi connectivity index (χ0n) is 12.3. The first kappa shape index (κ1) is 14.3. The number of hydrogen-bond acceptors (Lipinski definition) is 6. The Morgan fingerprint density at radius 1 is 1.39 bits per heavy atom. The minimum Gasteiger partial charge on any atom is -0.368 e. The smallest absolute Gasteiger partial charge is 0.249 e. The minimum absolute atomic E-state index is 0.103. The number of nitrogens with one attached hydrogen (secondary N) is 1. The van der Waals surface area contributed by atoms with Gasteiger partial charge in [0.05, 0.1) is 11.4 Å². The third-order valence-corrected chi connectivity index (χ3v) is 4.64. The second-order valence-electron chi connectivity index (χ2n) is 5.30. The van der Waals surface area contributed by atoms with Gasteiger partial charge in [0.1, 0.15) is 11.8 Å². The molecule has 0 spiro atoms. The number of nitrogens with zero attached hydrogens (tertiary/aromatic N) is 4. The molecule has 0 saturated carbocycles. The van der Waals surface area contributed by atoms with Crippen molar-refractivity contribution < 1.29 is 9.53 Å². The van der Waals surface area contributed by atoms with E-state index in [-0.39, 0.29) is 18.6 Å². The predicted molar refractivity (Wildman–Crippen MR) is 84.9 cm³/mol. The molecule has 118 valence electrons. The molecule has 23 heavy (non-hydrogen) atoms. The van der Waals surface area contributed by atoms with E-state index in [1.54, 1.807) is 15.9 Å². The zero-order chi connectivity index (χ0) is 15.6. The highest BCUT2D eigenvalue weighted by atomic mass is 32.1. The van der Waals surface area contributed by atoms with Crippen molar-refractivity contribution in [1.82, 2.24) is 25.1 Å². The number of carbonyl (C=O) groups is 1. The Morgan fingerprint density at radius 3 is 3.13 bits per heavy atom. The lowest BCUT2D eigenvalue weighted by Gasteiger charge is -2.09. The standard InChI is InChI=1S/C15H15N5O2S/c21-15(11-3-1-7-22-11)16-9-14-18-17-13-6-5-10(19-20(13)14)12-4-2-8-23-12/h2,4-6,8,11H,1,3,7,9H2,(H,16,21). The molecule has 1 unspecified atom stereocenters. The monoisotopic (exact) mass is 329 g/mol. The highest BCUT2D eigenvalue weighted by Gasteiger charge is 2.23. The zero-order valence-corrected chi connectivity index (χ0v) is 13.1. The Kier molecular flexibility index (Phi) is 3.76. The SMILES string of the molecule is O=C(NCc1nnc2ccc(-c3cccs3)nn12)C1CCCO1. The molecule has 1 fully saturated rings. The summed E-state index contributed by atoms with van der Waals surface area (Å²) in [6.45, 7) is 0.929. The summed E-state index contributed by atoms with van der Waals surface area (Å²) in [5, 5.41) is 17.6. The molecular formula is C15H15N5O2S. The number of amides is 1. The van der Waals surface area contributed by atoms with Crippen molar-refractivity contribution in [1.29, 1.82) is 0 Å². The highest BCUT2D eigenvalue weighted by molar-refractivity contribution is 7.13. The summed E-state index contributed by atoms with van der Waals surface area (Å²) >= 11 is 1.63. The quantitative estimate of drug-likeness (QED) is 0.787. The van der Waals surface area contributed by atoms with Gasteiger partial charge in [-0.05, 0) is 36.4 Å². The van der Waals surface area contributed by atoms with Crippen LogP contribution in [0.1, 0.15) is 18.7 Å². The van der Waals surface area contributed by atoms with E-state index in [9.17, 15) is 4.79 Å². The highest BCUT2D eigenvalue weighted by Crippen LogP contribution is 2.22. The Balaban J connectivity index is 1.55. The van der Waals surface area contributed by atoms with Crippen molar-refractivity contribution in [3.05, 3.63) is 35.5 Å². The maximum atomic E-state index is 12.0. The van der Waals surface area contributed by atoms with Crippen LogP contribution < -0.4 is 5.32 Å². The van der Waals surface area contributed by atoms with Gasteiger partial charge in [-0.2, -0.15) is 9.61 Å². The molecule has 1 saturated heterocycles. The van der Waals surface area contributed by atoms with Crippen molar-refractivity contribution >= 4 is 22.9 Å². The summed E-state index contributed by atoms with van der Waals surface area (Å²) < 4.78 is 7.04. The number of aromatic nitrogens is 4. The fraction of sp³-hybridized carbons (Fsp3) is 0.333. The van der Waals surface area contributed by atoms with E-state index in [0.717, 1.165) is 23.4 Å². The maximum absolute atomic E-state index is 12.0. The number of rotatable bonds is 4. The number of carbonyl (C=O) groups excluding carboxylic acids is 1. The Labute approximate surface area is 136 Å². The largest absolute Gasteiger partial charge is 0.368 e. The third-order valence-electron chi connectivity index (χ3n) is 3.74.